The number of ketones is 1. The second-order valence-corrected chi connectivity index (χ2v) is 4.07. The van der Waals surface area contributed by atoms with Crippen molar-refractivity contribution in [3.63, 3.8) is 0 Å². The Morgan fingerprint density at radius 1 is 1.38 bits per heavy atom. The fourth-order valence-electron chi connectivity index (χ4n) is 1.25. The summed E-state index contributed by atoms with van der Waals surface area (Å²) < 4.78 is 4.95. The first-order valence-electron chi connectivity index (χ1n) is 4.10. The van der Waals surface area contributed by atoms with Crippen LogP contribution in [0.5, 0.6) is 0 Å². The van der Waals surface area contributed by atoms with Gasteiger partial charge in [0.2, 0.25) is 4.84 Å². The molecule has 0 N–H and O–H groups in total. The molecule has 0 heterocycles. The lowest BCUT2D eigenvalue weighted by atomic mass is 9.96. The summed E-state index contributed by atoms with van der Waals surface area (Å²) in [5, 5.41) is 0. The first-order chi connectivity index (χ1) is 6.09. The van der Waals surface area contributed by atoms with Crippen molar-refractivity contribution < 1.29 is 14.3 Å². The first kappa shape index (κ1) is 10.8. The summed E-state index contributed by atoms with van der Waals surface area (Å²) >= 11 is 10.6. The zero-order valence-corrected chi connectivity index (χ0v) is 8.48. The lowest BCUT2D eigenvalue weighted by Crippen LogP contribution is -2.26. The van der Waals surface area contributed by atoms with E-state index in [1.165, 1.54) is 0 Å². The molecule has 13 heavy (non-hydrogen) atoms. The van der Waals surface area contributed by atoms with Gasteiger partial charge in [0.15, 0.2) is 0 Å². The fourth-order valence-corrected chi connectivity index (χ4v) is 1.35. The zero-order valence-electron chi connectivity index (χ0n) is 6.96. The molecular formula is C8H10Cl2O3. The maximum absolute atomic E-state index is 10.9. The van der Waals surface area contributed by atoms with Gasteiger partial charge in [-0.05, 0) is 12.8 Å². The molecule has 0 aromatic rings. The highest BCUT2D eigenvalue weighted by Gasteiger charge is 2.24. The minimum atomic E-state index is -1.13. The van der Waals surface area contributed by atoms with Crippen LogP contribution in [0.15, 0.2) is 0 Å². The molecule has 1 fully saturated rings. The Labute approximate surface area is 86.3 Å². The maximum Gasteiger partial charge on any atom is 0.339 e. The Balaban J connectivity index is 2.30. The second-order valence-electron chi connectivity index (χ2n) is 2.98. The van der Waals surface area contributed by atoms with Crippen LogP contribution in [0.4, 0.5) is 0 Å². The molecular weight excluding hydrogens is 215 g/mol. The molecule has 1 aliphatic rings. The van der Waals surface area contributed by atoms with Gasteiger partial charge in [0.1, 0.15) is 11.9 Å². The predicted molar refractivity (Wildman–Crippen MR) is 48.8 cm³/mol. The highest BCUT2D eigenvalue weighted by molar-refractivity contribution is 6.52. The Bertz CT molecular complexity index is 205. The highest BCUT2D eigenvalue weighted by atomic mass is 35.5. The number of alkyl halides is 2. The van der Waals surface area contributed by atoms with E-state index in [1.807, 2.05) is 0 Å². The Kier molecular flexibility index (Phi) is 4.00. The molecule has 0 radical (unpaired) electrons. The van der Waals surface area contributed by atoms with Gasteiger partial charge in [-0.3, -0.25) is 4.79 Å². The topological polar surface area (TPSA) is 43.4 Å². The number of halogens is 2. The maximum atomic E-state index is 10.9. The summed E-state index contributed by atoms with van der Waals surface area (Å²) in [7, 11) is 0. The van der Waals surface area contributed by atoms with Crippen LogP contribution < -0.4 is 0 Å². The summed E-state index contributed by atoms with van der Waals surface area (Å²) in [4.78, 5) is 20.6. The van der Waals surface area contributed by atoms with Crippen LogP contribution in [0.2, 0.25) is 0 Å². The van der Waals surface area contributed by atoms with E-state index in [0.717, 1.165) is 0 Å². The minimum absolute atomic E-state index is 0.190. The average molecular weight is 225 g/mol. The molecule has 0 bridgehead atoms. The van der Waals surface area contributed by atoms with Crippen LogP contribution >= 0.6 is 23.2 Å². The van der Waals surface area contributed by atoms with Crippen LogP contribution in [0.25, 0.3) is 0 Å². The molecule has 1 rings (SSSR count). The molecule has 0 saturated heterocycles. The number of rotatable bonds is 2. The summed E-state index contributed by atoms with van der Waals surface area (Å²) in [6, 6.07) is 0. The van der Waals surface area contributed by atoms with Gasteiger partial charge in [-0.1, -0.05) is 23.2 Å². The van der Waals surface area contributed by atoms with E-state index in [1.54, 1.807) is 0 Å². The van der Waals surface area contributed by atoms with E-state index in [4.69, 9.17) is 27.9 Å². The summed E-state index contributed by atoms with van der Waals surface area (Å²) in [5.41, 5.74) is 0. The van der Waals surface area contributed by atoms with Crippen LogP contribution in [0.3, 0.4) is 0 Å². The Hall–Kier alpha value is -0.280. The van der Waals surface area contributed by atoms with Gasteiger partial charge in [0, 0.05) is 12.8 Å². The van der Waals surface area contributed by atoms with Crippen molar-refractivity contribution in [3.05, 3.63) is 0 Å². The van der Waals surface area contributed by atoms with Gasteiger partial charge in [-0.15, -0.1) is 0 Å². The fraction of sp³-hybridized carbons (Fsp3) is 0.750. The molecule has 0 spiro atoms. The van der Waals surface area contributed by atoms with Crippen LogP contribution in [-0.2, 0) is 14.3 Å². The van der Waals surface area contributed by atoms with Crippen LogP contribution in [0.1, 0.15) is 25.7 Å². The average Bonchev–Trinajstić information content (AvgIpc) is 2.08. The van der Waals surface area contributed by atoms with Gasteiger partial charge in [-0.2, -0.15) is 0 Å². The minimum Gasteiger partial charge on any atom is -0.460 e. The molecule has 1 saturated carbocycles. The van der Waals surface area contributed by atoms with E-state index in [9.17, 15) is 9.59 Å². The smallest absolute Gasteiger partial charge is 0.339 e. The van der Waals surface area contributed by atoms with Crippen molar-refractivity contribution in [2.45, 2.75) is 36.6 Å². The third-order valence-corrected chi connectivity index (χ3v) is 2.31. The lowest BCUT2D eigenvalue weighted by molar-refractivity contribution is -0.149. The van der Waals surface area contributed by atoms with E-state index >= 15 is 0 Å². The van der Waals surface area contributed by atoms with Crippen molar-refractivity contribution in [3.8, 4) is 0 Å². The first-order valence-corrected chi connectivity index (χ1v) is 4.97. The SMILES string of the molecule is O=C1CCC(OC(=O)C(Cl)Cl)CC1. The van der Waals surface area contributed by atoms with Gasteiger partial charge >= 0.3 is 5.97 Å². The van der Waals surface area contributed by atoms with Gasteiger partial charge < -0.3 is 4.74 Å². The van der Waals surface area contributed by atoms with Crippen molar-refractivity contribution in [2.24, 2.45) is 0 Å². The molecule has 3 nitrogen and oxygen atoms in total. The normalized spacial score (nSPS) is 19.2. The number of Topliss-reactive ketones (excluding diaryl/α,β-unsaturated/α-hetero) is 1. The molecule has 5 heteroatoms. The van der Waals surface area contributed by atoms with E-state index in [-0.39, 0.29) is 11.9 Å². The quantitative estimate of drug-likeness (QED) is 0.532. The second kappa shape index (κ2) is 4.82. The number of hydrogen-bond acceptors (Lipinski definition) is 3. The number of esters is 1. The largest absolute Gasteiger partial charge is 0.460 e. The molecule has 0 aromatic carbocycles. The number of carbonyl (C=O) groups is 2. The van der Waals surface area contributed by atoms with Crippen LogP contribution in [-0.4, -0.2) is 22.7 Å². The summed E-state index contributed by atoms with van der Waals surface area (Å²) in [6.07, 6.45) is 1.95. The number of hydrogen-bond donors (Lipinski definition) is 0. The molecule has 0 aromatic heterocycles. The number of ether oxygens (including phenoxy) is 1. The number of carbonyl (C=O) groups excluding carboxylic acids is 2. The monoisotopic (exact) mass is 224 g/mol. The third kappa shape index (κ3) is 3.53. The zero-order chi connectivity index (χ0) is 9.84. The van der Waals surface area contributed by atoms with Crippen molar-refractivity contribution in [1.82, 2.24) is 0 Å². The van der Waals surface area contributed by atoms with E-state index in [0.29, 0.717) is 25.7 Å². The molecule has 0 aliphatic heterocycles. The van der Waals surface area contributed by atoms with Crippen molar-refractivity contribution >= 4 is 35.0 Å². The molecule has 0 atom stereocenters. The molecule has 0 unspecified atom stereocenters. The molecule has 74 valence electrons. The van der Waals surface area contributed by atoms with Gasteiger partial charge in [0.25, 0.3) is 0 Å². The summed E-state index contributed by atoms with van der Waals surface area (Å²) in [6.45, 7) is 0. The van der Waals surface area contributed by atoms with Crippen molar-refractivity contribution in [2.75, 3.05) is 0 Å². The third-order valence-electron chi connectivity index (χ3n) is 1.95. The summed E-state index contributed by atoms with van der Waals surface area (Å²) in [5.74, 6) is -0.400. The Morgan fingerprint density at radius 3 is 2.38 bits per heavy atom. The molecule has 0 amide bonds. The van der Waals surface area contributed by atoms with Crippen LogP contribution in [0, 0.1) is 0 Å². The lowest BCUT2D eigenvalue weighted by Gasteiger charge is -2.21. The Morgan fingerprint density at radius 2 is 1.92 bits per heavy atom. The van der Waals surface area contributed by atoms with E-state index in [2.05, 4.69) is 0 Å². The predicted octanol–water partition coefficient (Wildman–Crippen LogP) is 1.84. The van der Waals surface area contributed by atoms with Crippen molar-refractivity contribution in [1.29, 1.82) is 0 Å². The molecule has 1 aliphatic carbocycles. The van der Waals surface area contributed by atoms with Gasteiger partial charge in [-0.25, -0.2) is 4.79 Å². The van der Waals surface area contributed by atoms with Gasteiger partial charge in [0.05, 0.1) is 0 Å². The standard InChI is InChI=1S/C8H10Cl2O3/c9-7(10)8(12)13-6-3-1-5(11)2-4-6/h6-7H,1-4H2. The van der Waals surface area contributed by atoms with E-state index < -0.39 is 10.8 Å². The highest BCUT2D eigenvalue weighted by Crippen LogP contribution is 2.19.